The van der Waals surface area contributed by atoms with Crippen molar-refractivity contribution in [1.29, 1.82) is 5.26 Å². The van der Waals surface area contributed by atoms with Gasteiger partial charge in [-0.3, -0.25) is 9.36 Å². The molecule has 5 heteroatoms. The van der Waals surface area contributed by atoms with Crippen molar-refractivity contribution in [3.8, 4) is 11.8 Å². The van der Waals surface area contributed by atoms with Crippen molar-refractivity contribution in [3.05, 3.63) is 64.4 Å². The summed E-state index contributed by atoms with van der Waals surface area (Å²) < 4.78 is 1.69. The average molecular weight is 335 g/mol. The van der Waals surface area contributed by atoms with Gasteiger partial charge in [-0.25, -0.2) is 4.98 Å². The Morgan fingerprint density at radius 2 is 1.92 bits per heavy atom. The maximum absolute atomic E-state index is 13.0. The summed E-state index contributed by atoms with van der Waals surface area (Å²) in [5.74, 6) is 0.754. The largest absolute Gasteiger partial charge is 0.268 e. The van der Waals surface area contributed by atoms with E-state index in [1.807, 2.05) is 55.5 Å². The van der Waals surface area contributed by atoms with Gasteiger partial charge in [-0.05, 0) is 37.1 Å². The predicted octanol–water partition coefficient (Wildman–Crippen LogP) is 4.09. The highest BCUT2D eigenvalue weighted by molar-refractivity contribution is 7.99. The van der Waals surface area contributed by atoms with Crippen LogP contribution in [-0.4, -0.2) is 15.3 Å². The second-order valence-corrected chi connectivity index (χ2v) is 6.51. The van der Waals surface area contributed by atoms with E-state index in [1.54, 1.807) is 4.57 Å². The number of aryl methyl sites for hydroxylation is 1. The van der Waals surface area contributed by atoms with E-state index in [4.69, 9.17) is 10.2 Å². The van der Waals surface area contributed by atoms with Gasteiger partial charge in [0.1, 0.15) is 0 Å². The number of thioether (sulfide) groups is 1. The predicted molar refractivity (Wildman–Crippen MR) is 97.6 cm³/mol. The lowest BCUT2D eigenvalue weighted by Gasteiger charge is -2.14. The Bertz CT molecular complexity index is 972. The normalized spacial score (nSPS) is 10.7. The molecular weight excluding hydrogens is 318 g/mol. The van der Waals surface area contributed by atoms with E-state index in [0.717, 1.165) is 23.4 Å². The first kappa shape index (κ1) is 16.3. The second kappa shape index (κ2) is 7.33. The number of nitrogens with zero attached hydrogens (tertiary/aromatic N) is 3. The van der Waals surface area contributed by atoms with Crippen LogP contribution in [0.15, 0.2) is 58.5 Å². The topological polar surface area (TPSA) is 58.7 Å². The van der Waals surface area contributed by atoms with Crippen LogP contribution in [0.25, 0.3) is 16.6 Å². The minimum absolute atomic E-state index is 0.0577. The zero-order valence-corrected chi connectivity index (χ0v) is 14.2. The van der Waals surface area contributed by atoms with Crippen LogP contribution in [0.4, 0.5) is 0 Å². The van der Waals surface area contributed by atoms with Gasteiger partial charge in [-0.1, -0.05) is 42.1 Å². The molecule has 1 aromatic heterocycles. The van der Waals surface area contributed by atoms with E-state index in [0.29, 0.717) is 22.5 Å². The summed E-state index contributed by atoms with van der Waals surface area (Å²) in [4.78, 5) is 17.7. The summed E-state index contributed by atoms with van der Waals surface area (Å²) in [5, 5.41) is 9.97. The van der Waals surface area contributed by atoms with Crippen molar-refractivity contribution in [2.45, 2.75) is 24.9 Å². The first-order chi connectivity index (χ1) is 11.7. The number of hydrogen-bond donors (Lipinski definition) is 0. The SMILES string of the molecule is Cc1ccccc1-n1c(SCCCC#N)nc2ccccc2c1=O. The molecule has 0 fully saturated rings. The molecule has 2 aromatic carbocycles. The number of aromatic nitrogens is 2. The number of unbranched alkanes of at least 4 members (excludes halogenated alkanes) is 1. The minimum atomic E-state index is -0.0577. The molecule has 0 saturated heterocycles. The van der Waals surface area contributed by atoms with Gasteiger partial charge < -0.3 is 0 Å². The molecule has 0 amide bonds. The fourth-order valence-electron chi connectivity index (χ4n) is 2.55. The molecule has 24 heavy (non-hydrogen) atoms. The van der Waals surface area contributed by atoms with Crippen LogP contribution in [0.3, 0.4) is 0 Å². The van der Waals surface area contributed by atoms with Crippen molar-refractivity contribution in [3.63, 3.8) is 0 Å². The second-order valence-electron chi connectivity index (χ2n) is 5.45. The highest BCUT2D eigenvalue weighted by atomic mass is 32.2. The molecule has 120 valence electrons. The molecule has 3 aromatic rings. The molecule has 0 N–H and O–H groups in total. The molecule has 1 heterocycles. The van der Waals surface area contributed by atoms with Gasteiger partial charge >= 0.3 is 0 Å². The van der Waals surface area contributed by atoms with Gasteiger partial charge in [0.15, 0.2) is 5.16 Å². The number of hydrogen-bond acceptors (Lipinski definition) is 4. The maximum Gasteiger partial charge on any atom is 0.266 e. The fourth-order valence-corrected chi connectivity index (χ4v) is 3.50. The average Bonchev–Trinajstić information content (AvgIpc) is 2.60. The van der Waals surface area contributed by atoms with Crippen molar-refractivity contribution < 1.29 is 0 Å². The van der Waals surface area contributed by atoms with E-state index >= 15 is 0 Å². The van der Waals surface area contributed by atoms with Gasteiger partial charge in [0.25, 0.3) is 5.56 Å². The quantitative estimate of drug-likeness (QED) is 0.400. The number of nitriles is 1. The Labute approximate surface area is 144 Å². The third kappa shape index (κ3) is 3.19. The van der Waals surface area contributed by atoms with E-state index < -0.39 is 0 Å². The number of fused-ring (bicyclic) bond motifs is 1. The Kier molecular flexibility index (Phi) is 4.97. The molecule has 0 aliphatic rings. The van der Waals surface area contributed by atoms with Crippen molar-refractivity contribution in [1.82, 2.24) is 9.55 Å². The minimum Gasteiger partial charge on any atom is -0.268 e. The van der Waals surface area contributed by atoms with E-state index in [2.05, 4.69) is 6.07 Å². The van der Waals surface area contributed by atoms with Crippen LogP contribution in [0, 0.1) is 18.3 Å². The lowest BCUT2D eigenvalue weighted by molar-refractivity contribution is 0.812. The number of rotatable bonds is 5. The first-order valence-corrected chi connectivity index (χ1v) is 8.78. The summed E-state index contributed by atoms with van der Waals surface area (Å²) >= 11 is 1.52. The molecule has 4 nitrogen and oxygen atoms in total. The summed E-state index contributed by atoms with van der Waals surface area (Å²) in [6.07, 6.45) is 1.28. The Morgan fingerprint density at radius 3 is 2.71 bits per heavy atom. The molecule has 0 aliphatic heterocycles. The van der Waals surface area contributed by atoms with Crippen molar-refractivity contribution >= 4 is 22.7 Å². The lowest BCUT2D eigenvalue weighted by Crippen LogP contribution is -2.22. The Balaban J connectivity index is 2.17. The Morgan fingerprint density at radius 1 is 1.17 bits per heavy atom. The van der Waals surface area contributed by atoms with Gasteiger partial charge in [-0.15, -0.1) is 0 Å². The fraction of sp³-hybridized carbons (Fsp3) is 0.211. The molecule has 0 spiro atoms. The standard InChI is InChI=1S/C19H17N3OS/c1-14-8-2-5-11-17(14)22-18(23)15-9-3-4-10-16(15)21-19(22)24-13-7-6-12-20/h2-5,8-11H,6-7,13H2,1H3. The molecule has 0 radical (unpaired) electrons. The molecule has 0 atom stereocenters. The third-order valence-electron chi connectivity index (χ3n) is 3.77. The van der Waals surface area contributed by atoms with Crippen LogP contribution >= 0.6 is 11.8 Å². The monoisotopic (exact) mass is 335 g/mol. The molecular formula is C19H17N3OS. The summed E-state index contributed by atoms with van der Waals surface area (Å²) in [6.45, 7) is 1.99. The highest BCUT2D eigenvalue weighted by Gasteiger charge is 2.14. The van der Waals surface area contributed by atoms with E-state index in [9.17, 15) is 4.79 Å². The molecule has 0 unspecified atom stereocenters. The smallest absolute Gasteiger partial charge is 0.266 e. The van der Waals surface area contributed by atoms with E-state index in [1.165, 1.54) is 11.8 Å². The van der Waals surface area contributed by atoms with Crippen LogP contribution < -0.4 is 5.56 Å². The lowest BCUT2D eigenvalue weighted by atomic mass is 10.2. The van der Waals surface area contributed by atoms with Crippen LogP contribution in [-0.2, 0) is 0 Å². The van der Waals surface area contributed by atoms with Crippen molar-refractivity contribution in [2.24, 2.45) is 0 Å². The van der Waals surface area contributed by atoms with E-state index in [-0.39, 0.29) is 5.56 Å². The summed E-state index contributed by atoms with van der Waals surface area (Å²) in [7, 11) is 0. The van der Waals surface area contributed by atoms with Crippen molar-refractivity contribution in [2.75, 3.05) is 5.75 Å². The summed E-state index contributed by atoms with van der Waals surface area (Å²) in [6, 6.07) is 17.4. The van der Waals surface area contributed by atoms with Gasteiger partial charge in [0, 0.05) is 12.2 Å². The molecule has 0 aliphatic carbocycles. The van der Waals surface area contributed by atoms with Gasteiger partial charge in [0.05, 0.1) is 22.7 Å². The molecule has 0 saturated carbocycles. The number of para-hydroxylation sites is 2. The van der Waals surface area contributed by atoms with Gasteiger partial charge in [-0.2, -0.15) is 5.26 Å². The molecule has 3 rings (SSSR count). The Hall–Kier alpha value is -2.58. The first-order valence-electron chi connectivity index (χ1n) is 7.80. The molecule has 0 bridgehead atoms. The number of benzene rings is 2. The van der Waals surface area contributed by atoms with Crippen LogP contribution in [0.1, 0.15) is 18.4 Å². The van der Waals surface area contributed by atoms with Gasteiger partial charge in [0.2, 0.25) is 0 Å². The maximum atomic E-state index is 13.0. The van der Waals surface area contributed by atoms with Crippen LogP contribution in [0.5, 0.6) is 0 Å². The highest BCUT2D eigenvalue weighted by Crippen LogP contribution is 2.23. The zero-order valence-electron chi connectivity index (χ0n) is 13.4. The van der Waals surface area contributed by atoms with Crippen LogP contribution in [0.2, 0.25) is 0 Å². The zero-order chi connectivity index (χ0) is 16.9. The third-order valence-corrected chi connectivity index (χ3v) is 4.79. The summed E-state index contributed by atoms with van der Waals surface area (Å²) in [5.41, 5.74) is 2.52.